The summed E-state index contributed by atoms with van der Waals surface area (Å²) in [4.78, 5) is 12.8. The molecule has 0 radical (unpaired) electrons. The van der Waals surface area contributed by atoms with Gasteiger partial charge in [-0.1, -0.05) is 66.7 Å². The summed E-state index contributed by atoms with van der Waals surface area (Å²) in [5.74, 6) is -0.724. The maximum absolute atomic E-state index is 13.6. The molecule has 0 saturated carbocycles. The molecule has 6 nitrogen and oxygen atoms in total. The number of hydrogen-bond acceptors (Lipinski definition) is 5. The molecule has 0 aliphatic rings. The van der Waals surface area contributed by atoms with Crippen LogP contribution < -0.4 is 0 Å². The van der Waals surface area contributed by atoms with E-state index in [1.165, 1.54) is 19.2 Å². The van der Waals surface area contributed by atoms with E-state index in [1.807, 2.05) is 0 Å². The molecule has 0 bridgehead atoms. The van der Waals surface area contributed by atoms with Crippen LogP contribution >= 0.6 is 0 Å². The lowest BCUT2D eigenvalue weighted by molar-refractivity contribution is 0.0597. The highest BCUT2D eigenvalue weighted by Crippen LogP contribution is 2.36. The van der Waals surface area contributed by atoms with Gasteiger partial charge in [-0.05, 0) is 23.8 Å². The lowest BCUT2D eigenvalue weighted by atomic mass is 10.0. The highest BCUT2D eigenvalue weighted by atomic mass is 32.2. The van der Waals surface area contributed by atoms with Crippen molar-refractivity contribution in [1.82, 2.24) is 3.97 Å². The van der Waals surface area contributed by atoms with Crippen molar-refractivity contribution in [3.8, 4) is 0 Å². The molecule has 4 aromatic rings. The van der Waals surface area contributed by atoms with Crippen molar-refractivity contribution in [2.75, 3.05) is 7.11 Å². The molecule has 0 aliphatic heterocycles. The summed E-state index contributed by atoms with van der Waals surface area (Å²) < 4.78 is 33.2. The molecule has 0 aliphatic carbocycles. The molecule has 0 spiro atoms. The molecule has 1 heterocycles. The van der Waals surface area contributed by atoms with Gasteiger partial charge in [0.05, 0.1) is 28.8 Å². The Morgan fingerprint density at radius 2 is 1.47 bits per heavy atom. The summed E-state index contributed by atoms with van der Waals surface area (Å²) in [7, 11) is -2.90. The summed E-state index contributed by atoms with van der Waals surface area (Å²) in [6.45, 7) is 0. The van der Waals surface area contributed by atoms with Crippen molar-refractivity contribution < 1.29 is 23.1 Å². The predicted octanol–water partition coefficient (Wildman–Crippen LogP) is 3.75. The summed E-state index contributed by atoms with van der Waals surface area (Å²) >= 11 is 0. The average molecular weight is 421 g/mol. The highest BCUT2D eigenvalue weighted by Gasteiger charge is 2.34. The Morgan fingerprint density at radius 1 is 0.900 bits per heavy atom. The Labute approximate surface area is 174 Å². The van der Waals surface area contributed by atoms with Crippen molar-refractivity contribution in [1.29, 1.82) is 0 Å². The zero-order valence-corrected chi connectivity index (χ0v) is 16.9. The van der Waals surface area contributed by atoms with Crippen LogP contribution in [0, 0.1) is 0 Å². The maximum Gasteiger partial charge on any atom is 0.340 e. The van der Waals surface area contributed by atoms with E-state index in [0.717, 1.165) is 3.97 Å². The molecule has 4 rings (SSSR count). The third-order valence-electron chi connectivity index (χ3n) is 4.91. The largest absolute Gasteiger partial charge is 0.465 e. The molecule has 7 heteroatoms. The monoisotopic (exact) mass is 421 g/mol. The van der Waals surface area contributed by atoms with Crippen LogP contribution in [0.3, 0.4) is 0 Å². The van der Waals surface area contributed by atoms with Crippen LogP contribution in [0.2, 0.25) is 0 Å². The predicted molar refractivity (Wildman–Crippen MR) is 113 cm³/mol. The number of methoxy groups -OCH3 is 1. The molecule has 1 atom stereocenters. The number of esters is 1. The van der Waals surface area contributed by atoms with Crippen molar-refractivity contribution in [3.05, 3.63) is 102 Å². The summed E-state index contributed by atoms with van der Waals surface area (Å²) in [5, 5.41) is 11.6. The maximum atomic E-state index is 13.6. The van der Waals surface area contributed by atoms with E-state index in [9.17, 15) is 18.3 Å². The summed E-state index contributed by atoms with van der Waals surface area (Å²) in [5.41, 5.74) is 0.698. The van der Waals surface area contributed by atoms with Crippen molar-refractivity contribution in [3.63, 3.8) is 0 Å². The first-order chi connectivity index (χ1) is 14.5. The number of fused-ring (bicyclic) bond motifs is 1. The molecule has 1 unspecified atom stereocenters. The second-order valence-electron chi connectivity index (χ2n) is 6.66. The van der Waals surface area contributed by atoms with E-state index in [2.05, 4.69) is 0 Å². The van der Waals surface area contributed by atoms with E-state index < -0.39 is 22.1 Å². The van der Waals surface area contributed by atoms with E-state index >= 15 is 0 Å². The number of rotatable bonds is 5. The van der Waals surface area contributed by atoms with Crippen molar-refractivity contribution >= 4 is 26.9 Å². The van der Waals surface area contributed by atoms with Gasteiger partial charge >= 0.3 is 5.97 Å². The van der Waals surface area contributed by atoms with Crippen LogP contribution in [-0.2, 0) is 14.8 Å². The van der Waals surface area contributed by atoms with Crippen LogP contribution in [0.15, 0.2) is 89.8 Å². The van der Waals surface area contributed by atoms with Crippen molar-refractivity contribution in [2.45, 2.75) is 11.0 Å². The molecule has 0 amide bonds. The van der Waals surface area contributed by atoms with Gasteiger partial charge in [-0.2, -0.15) is 0 Å². The van der Waals surface area contributed by atoms with Gasteiger partial charge in [0.1, 0.15) is 6.10 Å². The Hall–Kier alpha value is -3.42. The lowest BCUT2D eigenvalue weighted by Crippen LogP contribution is -2.20. The topological polar surface area (TPSA) is 85.6 Å². The zero-order valence-electron chi connectivity index (χ0n) is 16.1. The van der Waals surface area contributed by atoms with Crippen LogP contribution in [0.5, 0.6) is 0 Å². The quantitative estimate of drug-likeness (QED) is 0.496. The number of aliphatic hydroxyl groups is 1. The van der Waals surface area contributed by atoms with Crippen LogP contribution in [0.4, 0.5) is 0 Å². The second kappa shape index (κ2) is 7.78. The van der Waals surface area contributed by atoms with Gasteiger partial charge in [-0.3, -0.25) is 0 Å². The molecule has 3 aromatic carbocycles. The van der Waals surface area contributed by atoms with E-state index in [-0.39, 0.29) is 21.7 Å². The number of nitrogens with zero attached hydrogens (tertiary/aromatic N) is 1. The summed E-state index contributed by atoms with van der Waals surface area (Å²) in [6, 6.07) is 23.1. The van der Waals surface area contributed by atoms with E-state index in [4.69, 9.17) is 4.74 Å². The Bertz CT molecular complexity index is 1310. The van der Waals surface area contributed by atoms with Gasteiger partial charge in [-0.15, -0.1) is 0 Å². The van der Waals surface area contributed by atoms with Gasteiger partial charge in [0, 0.05) is 5.39 Å². The zero-order chi connectivity index (χ0) is 21.3. The van der Waals surface area contributed by atoms with Gasteiger partial charge in [0.15, 0.2) is 0 Å². The van der Waals surface area contributed by atoms with Gasteiger partial charge in [0.2, 0.25) is 0 Å². The SMILES string of the molecule is COC(=O)c1c(C(O)c2ccccc2)n(S(=O)(=O)c2ccccc2)c2ccccc12. The number of aromatic nitrogens is 1. The van der Waals surface area contributed by atoms with Crippen molar-refractivity contribution in [2.24, 2.45) is 0 Å². The first-order valence-corrected chi connectivity index (χ1v) is 10.7. The van der Waals surface area contributed by atoms with E-state index in [0.29, 0.717) is 10.9 Å². The third kappa shape index (κ3) is 3.18. The Balaban J connectivity index is 2.13. The molecule has 30 heavy (non-hydrogen) atoms. The second-order valence-corrected chi connectivity index (χ2v) is 8.45. The molecule has 1 N–H and O–H groups in total. The first-order valence-electron chi connectivity index (χ1n) is 9.22. The molecule has 1 aromatic heterocycles. The lowest BCUT2D eigenvalue weighted by Gasteiger charge is -2.17. The van der Waals surface area contributed by atoms with Crippen LogP contribution in [0.25, 0.3) is 10.9 Å². The standard InChI is InChI=1S/C23H19NO5S/c1-29-23(26)20-18-14-8-9-15-19(18)24(30(27,28)17-12-6-3-7-13-17)21(20)22(25)16-10-4-2-5-11-16/h2-15,22,25H,1H3. The van der Waals surface area contributed by atoms with Crippen LogP contribution in [-0.4, -0.2) is 30.6 Å². The smallest absolute Gasteiger partial charge is 0.340 e. The van der Waals surface area contributed by atoms with Crippen LogP contribution in [0.1, 0.15) is 27.7 Å². The van der Waals surface area contributed by atoms with E-state index in [1.54, 1.807) is 72.8 Å². The number of ether oxygens (including phenoxy) is 1. The number of carbonyl (C=O) groups excluding carboxylic acids is 1. The normalized spacial score (nSPS) is 12.6. The molecule has 152 valence electrons. The number of hydrogen-bond donors (Lipinski definition) is 1. The minimum atomic E-state index is -4.12. The molecular formula is C23H19NO5S. The minimum Gasteiger partial charge on any atom is -0.465 e. The fourth-order valence-electron chi connectivity index (χ4n) is 3.55. The molecule has 0 fully saturated rings. The number of aliphatic hydroxyl groups excluding tert-OH is 1. The molecular weight excluding hydrogens is 402 g/mol. The third-order valence-corrected chi connectivity index (χ3v) is 6.65. The van der Waals surface area contributed by atoms with Gasteiger partial charge < -0.3 is 9.84 Å². The molecule has 0 saturated heterocycles. The minimum absolute atomic E-state index is 0.0176. The van der Waals surface area contributed by atoms with Gasteiger partial charge in [-0.25, -0.2) is 17.2 Å². The Kier molecular flexibility index (Phi) is 5.15. The fourth-order valence-corrected chi connectivity index (χ4v) is 5.13. The average Bonchev–Trinajstić information content (AvgIpc) is 3.15. The number of carbonyl (C=O) groups is 1. The van der Waals surface area contributed by atoms with Gasteiger partial charge in [0.25, 0.3) is 10.0 Å². The first kappa shape index (κ1) is 19.9. The summed E-state index contributed by atoms with van der Waals surface area (Å²) in [6.07, 6.45) is -1.37. The number of benzene rings is 3. The number of para-hydroxylation sites is 1. The fraction of sp³-hybridized carbons (Fsp3) is 0.0870. The Morgan fingerprint density at radius 3 is 2.10 bits per heavy atom. The highest BCUT2D eigenvalue weighted by molar-refractivity contribution is 7.90.